The molecule has 1 fully saturated rings. The first kappa shape index (κ1) is 15.5. The van der Waals surface area contributed by atoms with E-state index in [-0.39, 0.29) is 18.0 Å². The summed E-state index contributed by atoms with van der Waals surface area (Å²) in [5.74, 6) is 0.142. The van der Waals surface area contributed by atoms with E-state index in [1.807, 2.05) is 6.92 Å². The highest BCUT2D eigenvalue weighted by atomic mass is 16.2. The molecule has 3 heteroatoms. The fourth-order valence-corrected chi connectivity index (χ4v) is 2.56. The molecule has 2 atom stereocenters. The summed E-state index contributed by atoms with van der Waals surface area (Å²) < 4.78 is 0. The maximum Gasteiger partial charge on any atom is 0.237 e. The third-order valence-electron chi connectivity index (χ3n) is 4.02. The van der Waals surface area contributed by atoms with Gasteiger partial charge in [0.25, 0.3) is 0 Å². The second-order valence-corrected chi connectivity index (χ2v) is 6.05. The van der Waals surface area contributed by atoms with Crippen molar-refractivity contribution in [1.82, 2.24) is 10.6 Å². The number of nitrogens with one attached hydrogen (secondary N) is 2. The number of hydrogen-bond donors (Lipinski definition) is 2. The summed E-state index contributed by atoms with van der Waals surface area (Å²) >= 11 is 0. The molecule has 106 valence electrons. The molecule has 1 amide bonds. The van der Waals surface area contributed by atoms with E-state index in [9.17, 15) is 4.79 Å². The summed E-state index contributed by atoms with van der Waals surface area (Å²) in [4.78, 5) is 11.9. The Bertz CT molecular complexity index is 261. The van der Waals surface area contributed by atoms with Gasteiger partial charge in [-0.1, -0.05) is 26.7 Å². The third kappa shape index (κ3) is 4.97. The van der Waals surface area contributed by atoms with E-state index in [1.165, 1.54) is 25.7 Å². The molecular weight excluding hydrogens is 224 g/mol. The molecule has 0 heterocycles. The first-order chi connectivity index (χ1) is 8.53. The molecule has 0 radical (unpaired) electrons. The molecule has 1 rings (SSSR count). The Labute approximate surface area is 112 Å². The van der Waals surface area contributed by atoms with Crippen LogP contribution in [0.1, 0.15) is 66.2 Å². The van der Waals surface area contributed by atoms with Crippen molar-refractivity contribution >= 4 is 5.91 Å². The molecule has 2 N–H and O–H groups in total. The van der Waals surface area contributed by atoms with Crippen LogP contribution in [-0.2, 0) is 4.79 Å². The summed E-state index contributed by atoms with van der Waals surface area (Å²) in [5, 5.41) is 6.47. The van der Waals surface area contributed by atoms with Gasteiger partial charge in [-0.15, -0.1) is 0 Å². The summed E-state index contributed by atoms with van der Waals surface area (Å²) in [6.07, 6.45) is 7.36. The van der Waals surface area contributed by atoms with Crippen molar-refractivity contribution in [2.24, 2.45) is 5.41 Å². The largest absolute Gasteiger partial charge is 0.352 e. The van der Waals surface area contributed by atoms with Gasteiger partial charge in [0.1, 0.15) is 0 Å². The first-order valence-electron chi connectivity index (χ1n) is 7.57. The van der Waals surface area contributed by atoms with E-state index >= 15 is 0 Å². The maximum atomic E-state index is 11.9. The number of carbonyl (C=O) groups is 1. The van der Waals surface area contributed by atoms with Crippen molar-refractivity contribution in [3.8, 4) is 0 Å². The SMILES string of the molecule is CCCC(C)NC(=O)C(C)NCC1(CCC)CC1. The molecule has 0 aromatic rings. The monoisotopic (exact) mass is 254 g/mol. The molecule has 0 saturated heterocycles. The molecule has 0 aliphatic heterocycles. The summed E-state index contributed by atoms with van der Waals surface area (Å²) in [6, 6.07) is 0.218. The Morgan fingerprint density at radius 2 is 1.89 bits per heavy atom. The Kier molecular flexibility index (Phi) is 6.13. The Hall–Kier alpha value is -0.570. The zero-order valence-electron chi connectivity index (χ0n) is 12.5. The zero-order valence-corrected chi connectivity index (χ0v) is 12.5. The molecule has 18 heavy (non-hydrogen) atoms. The Morgan fingerprint density at radius 1 is 1.22 bits per heavy atom. The fraction of sp³-hybridized carbons (Fsp3) is 0.933. The van der Waals surface area contributed by atoms with Crippen LogP contribution >= 0.6 is 0 Å². The van der Waals surface area contributed by atoms with Crippen LogP contribution in [0.5, 0.6) is 0 Å². The minimum atomic E-state index is -0.0707. The zero-order chi connectivity index (χ0) is 13.6. The highest BCUT2D eigenvalue weighted by Gasteiger charge is 2.41. The summed E-state index contributed by atoms with van der Waals surface area (Å²) in [5.41, 5.74) is 0.512. The van der Waals surface area contributed by atoms with Gasteiger partial charge in [0.05, 0.1) is 6.04 Å². The van der Waals surface area contributed by atoms with Gasteiger partial charge in [-0.3, -0.25) is 4.79 Å². The normalized spacial score (nSPS) is 20.2. The predicted molar refractivity (Wildman–Crippen MR) is 76.6 cm³/mol. The molecule has 1 saturated carbocycles. The van der Waals surface area contributed by atoms with Crippen LogP contribution in [0, 0.1) is 5.41 Å². The van der Waals surface area contributed by atoms with Crippen LogP contribution in [0.3, 0.4) is 0 Å². The highest BCUT2D eigenvalue weighted by Crippen LogP contribution is 2.48. The van der Waals surface area contributed by atoms with E-state index in [2.05, 4.69) is 31.4 Å². The fourth-order valence-electron chi connectivity index (χ4n) is 2.56. The van der Waals surface area contributed by atoms with E-state index < -0.39 is 0 Å². The molecule has 1 aliphatic rings. The van der Waals surface area contributed by atoms with E-state index in [1.54, 1.807) is 0 Å². The summed E-state index contributed by atoms with van der Waals surface area (Å²) in [7, 11) is 0. The Balaban J connectivity index is 2.23. The number of hydrogen-bond acceptors (Lipinski definition) is 2. The minimum Gasteiger partial charge on any atom is -0.352 e. The van der Waals surface area contributed by atoms with Crippen LogP contribution in [0.2, 0.25) is 0 Å². The van der Waals surface area contributed by atoms with E-state index in [0.29, 0.717) is 5.41 Å². The number of rotatable bonds is 9. The number of amides is 1. The van der Waals surface area contributed by atoms with Gasteiger partial charge in [0.2, 0.25) is 5.91 Å². The third-order valence-corrected chi connectivity index (χ3v) is 4.02. The lowest BCUT2D eigenvalue weighted by Gasteiger charge is -2.21. The van der Waals surface area contributed by atoms with Gasteiger partial charge in [-0.2, -0.15) is 0 Å². The van der Waals surface area contributed by atoms with Gasteiger partial charge in [0, 0.05) is 12.6 Å². The average molecular weight is 254 g/mol. The van der Waals surface area contributed by atoms with Crippen LogP contribution in [0.4, 0.5) is 0 Å². The van der Waals surface area contributed by atoms with Gasteiger partial charge in [0.15, 0.2) is 0 Å². The standard InChI is InChI=1S/C15H30N2O/c1-5-7-12(3)17-14(18)13(4)16-11-15(8-6-2)9-10-15/h12-13,16H,5-11H2,1-4H3,(H,17,18). The van der Waals surface area contributed by atoms with E-state index in [4.69, 9.17) is 0 Å². The molecule has 2 unspecified atom stereocenters. The van der Waals surface area contributed by atoms with Crippen molar-refractivity contribution in [3.05, 3.63) is 0 Å². The molecule has 0 spiro atoms. The lowest BCUT2D eigenvalue weighted by atomic mass is 10.0. The van der Waals surface area contributed by atoms with Crippen LogP contribution in [0.15, 0.2) is 0 Å². The predicted octanol–water partition coefficient (Wildman–Crippen LogP) is 2.85. The first-order valence-corrected chi connectivity index (χ1v) is 7.57. The van der Waals surface area contributed by atoms with Gasteiger partial charge in [-0.05, 0) is 44.9 Å². The van der Waals surface area contributed by atoms with Gasteiger partial charge < -0.3 is 10.6 Å². The second kappa shape index (κ2) is 7.13. The topological polar surface area (TPSA) is 41.1 Å². The lowest BCUT2D eigenvalue weighted by molar-refractivity contribution is -0.123. The Morgan fingerprint density at radius 3 is 2.39 bits per heavy atom. The highest BCUT2D eigenvalue weighted by molar-refractivity contribution is 5.81. The molecule has 0 bridgehead atoms. The van der Waals surface area contributed by atoms with Gasteiger partial charge >= 0.3 is 0 Å². The molecular formula is C15H30N2O. The molecule has 0 aromatic carbocycles. The quantitative estimate of drug-likeness (QED) is 0.664. The molecule has 0 aromatic heterocycles. The van der Waals surface area contributed by atoms with E-state index in [0.717, 1.165) is 19.4 Å². The molecule has 3 nitrogen and oxygen atoms in total. The average Bonchev–Trinajstić information content (AvgIpc) is 3.07. The maximum absolute atomic E-state index is 11.9. The number of carbonyl (C=O) groups excluding carboxylic acids is 1. The summed E-state index contributed by atoms with van der Waals surface area (Å²) in [6.45, 7) is 9.43. The van der Waals surface area contributed by atoms with Crippen molar-refractivity contribution in [2.45, 2.75) is 78.3 Å². The molecule has 1 aliphatic carbocycles. The second-order valence-electron chi connectivity index (χ2n) is 6.05. The smallest absolute Gasteiger partial charge is 0.237 e. The van der Waals surface area contributed by atoms with Crippen LogP contribution in [-0.4, -0.2) is 24.5 Å². The van der Waals surface area contributed by atoms with Gasteiger partial charge in [-0.25, -0.2) is 0 Å². The van der Waals surface area contributed by atoms with Crippen molar-refractivity contribution in [3.63, 3.8) is 0 Å². The van der Waals surface area contributed by atoms with Crippen molar-refractivity contribution in [2.75, 3.05) is 6.54 Å². The van der Waals surface area contributed by atoms with Crippen LogP contribution in [0.25, 0.3) is 0 Å². The lowest BCUT2D eigenvalue weighted by Crippen LogP contribution is -2.46. The van der Waals surface area contributed by atoms with Crippen LogP contribution < -0.4 is 10.6 Å². The minimum absolute atomic E-state index is 0.0707. The van der Waals surface area contributed by atoms with Crippen molar-refractivity contribution < 1.29 is 4.79 Å². The van der Waals surface area contributed by atoms with Crippen molar-refractivity contribution in [1.29, 1.82) is 0 Å².